The minimum Gasteiger partial charge on any atom is -0.412 e. The van der Waals surface area contributed by atoms with E-state index in [-0.39, 0.29) is 18.7 Å². The molecule has 0 atom stereocenters. The van der Waals surface area contributed by atoms with Crippen molar-refractivity contribution in [2.24, 2.45) is 0 Å². The summed E-state index contributed by atoms with van der Waals surface area (Å²) >= 11 is 0. The predicted molar refractivity (Wildman–Crippen MR) is 26.9 cm³/mol. The van der Waals surface area contributed by atoms with Crippen LogP contribution in [-0.2, 0) is 0 Å². The maximum absolute atomic E-state index is 8.00. The lowest BCUT2D eigenvalue weighted by molar-refractivity contribution is 0.329. The zero-order valence-electron chi connectivity index (χ0n) is 3.96. The molecule has 0 aromatic heterocycles. The van der Waals surface area contributed by atoms with Gasteiger partial charge in [0.25, 0.3) is 0 Å². The first-order valence-electron chi connectivity index (χ1n) is 1.78. The predicted octanol–water partition coefficient (Wildman–Crippen LogP) is -1.30. The molecule has 0 saturated carbocycles. The molecule has 0 unspecified atom stereocenters. The van der Waals surface area contributed by atoms with Crippen molar-refractivity contribution < 1.29 is 15.7 Å². The Morgan fingerprint density at radius 1 is 1.00 bits per heavy atom. The number of rotatable bonds is 2. The second kappa shape index (κ2) is 9.15. The average Bonchev–Trinajstić information content (AvgIpc) is 1.61. The van der Waals surface area contributed by atoms with E-state index in [4.69, 9.17) is 10.2 Å². The summed E-state index contributed by atoms with van der Waals surface area (Å²) in [7, 11) is 0. The minimum atomic E-state index is 0. The highest BCUT2D eigenvalue weighted by atomic mass is 16.3. The second-order valence-electron chi connectivity index (χ2n) is 0.837. The molecule has 0 aliphatic heterocycles. The smallest absolute Gasteiger partial charge is 0.0613 e. The highest BCUT2D eigenvalue weighted by Gasteiger charge is 1.61. The van der Waals surface area contributed by atoms with E-state index in [0.29, 0.717) is 0 Å². The van der Waals surface area contributed by atoms with Gasteiger partial charge in [0.15, 0.2) is 0 Å². The van der Waals surface area contributed by atoms with Gasteiger partial charge < -0.3 is 15.7 Å². The maximum atomic E-state index is 8.00. The van der Waals surface area contributed by atoms with E-state index in [1.165, 1.54) is 12.2 Å². The van der Waals surface area contributed by atoms with E-state index in [0.717, 1.165) is 0 Å². The van der Waals surface area contributed by atoms with Crippen molar-refractivity contribution in [2.75, 3.05) is 13.2 Å². The van der Waals surface area contributed by atoms with Crippen molar-refractivity contribution in [3.8, 4) is 0 Å². The third-order valence-electron chi connectivity index (χ3n) is 0.377. The zero-order chi connectivity index (χ0) is 4.83. The van der Waals surface area contributed by atoms with Crippen molar-refractivity contribution in [2.45, 2.75) is 0 Å². The first kappa shape index (κ1) is 9.80. The normalized spacial score (nSPS) is 8.86. The van der Waals surface area contributed by atoms with Gasteiger partial charge in [-0.05, 0) is 0 Å². The van der Waals surface area contributed by atoms with Crippen LogP contribution in [-0.4, -0.2) is 28.9 Å². The second-order valence-corrected chi connectivity index (χ2v) is 0.837. The number of hydrogen-bond donors (Lipinski definition) is 2. The van der Waals surface area contributed by atoms with Crippen molar-refractivity contribution in [1.29, 1.82) is 0 Å². The van der Waals surface area contributed by atoms with Crippen LogP contribution in [0.1, 0.15) is 0 Å². The molecule has 0 fully saturated rings. The van der Waals surface area contributed by atoms with E-state index >= 15 is 0 Å². The summed E-state index contributed by atoms with van der Waals surface area (Å²) in [6.07, 6.45) is 2.97. The standard InChI is InChI=1S/C4H8O2.H2O/c5-3-1-2-4-6;/h1-2,5-6H,3-4H2;1H2/b2-1+;. The van der Waals surface area contributed by atoms with Gasteiger partial charge in [0.05, 0.1) is 13.2 Å². The molecule has 44 valence electrons. The molecular formula is C4H10O3. The highest BCUT2D eigenvalue weighted by molar-refractivity contribution is 4.78. The molecule has 0 heterocycles. The summed E-state index contributed by atoms with van der Waals surface area (Å²) in [5.41, 5.74) is 0. The van der Waals surface area contributed by atoms with Crippen molar-refractivity contribution in [1.82, 2.24) is 0 Å². The van der Waals surface area contributed by atoms with Crippen LogP contribution in [0.5, 0.6) is 0 Å². The molecule has 0 radical (unpaired) electrons. The van der Waals surface area contributed by atoms with Gasteiger partial charge in [0.1, 0.15) is 0 Å². The van der Waals surface area contributed by atoms with Crippen molar-refractivity contribution in [3.63, 3.8) is 0 Å². The third kappa shape index (κ3) is 10.7. The molecule has 0 bridgehead atoms. The lowest BCUT2D eigenvalue weighted by atomic mass is 10.5. The molecule has 0 aromatic carbocycles. The Bertz CT molecular complexity index is 36.2. The number of hydrogen-bond acceptors (Lipinski definition) is 2. The fourth-order valence-electron chi connectivity index (χ4n) is 0.149. The Hall–Kier alpha value is -0.380. The number of aliphatic hydroxyl groups is 2. The minimum absolute atomic E-state index is 0. The summed E-state index contributed by atoms with van der Waals surface area (Å²) in [5.74, 6) is 0. The fraction of sp³-hybridized carbons (Fsp3) is 0.500. The maximum Gasteiger partial charge on any atom is 0.0613 e. The van der Waals surface area contributed by atoms with E-state index in [9.17, 15) is 0 Å². The fourth-order valence-corrected chi connectivity index (χ4v) is 0.149. The van der Waals surface area contributed by atoms with Gasteiger partial charge >= 0.3 is 0 Å². The molecule has 4 N–H and O–H groups in total. The molecular weight excluding hydrogens is 96.0 g/mol. The lowest BCUT2D eigenvalue weighted by Gasteiger charge is -1.73. The quantitative estimate of drug-likeness (QED) is 0.429. The Balaban J connectivity index is 0. The molecule has 0 aromatic rings. The SMILES string of the molecule is O.OC/C=C/CO. The van der Waals surface area contributed by atoms with E-state index in [1.54, 1.807) is 0 Å². The molecule has 3 nitrogen and oxygen atoms in total. The van der Waals surface area contributed by atoms with E-state index in [2.05, 4.69) is 0 Å². The van der Waals surface area contributed by atoms with Crippen LogP contribution in [0.25, 0.3) is 0 Å². The topological polar surface area (TPSA) is 72.0 Å². The first-order chi connectivity index (χ1) is 2.91. The first-order valence-corrected chi connectivity index (χ1v) is 1.78. The van der Waals surface area contributed by atoms with Crippen molar-refractivity contribution in [3.05, 3.63) is 12.2 Å². The summed E-state index contributed by atoms with van der Waals surface area (Å²) in [6.45, 7) is 0.0289. The third-order valence-corrected chi connectivity index (χ3v) is 0.377. The van der Waals surface area contributed by atoms with Crippen LogP contribution >= 0.6 is 0 Å². The molecule has 0 saturated heterocycles. The van der Waals surface area contributed by atoms with Gasteiger partial charge in [0.2, 0.25) is 0 Å². The van der Waals surface area contributed by atoms with Gasteiger partial charge in [0, 0.05) is 0 Å². The molecule has 0 aliphatic rings. The average molecular weight is 106 g/mol. The largest absolute Gasteiger partial charge is 0.412 e. The van der Waals surface area contributed by atoms with Gasteiger partial charge in [-0.3, -0.25) is 0 Å². The molecule has 0 spiro atoms. The van der Waals surface area contributed by atoms with Crippen molar-refractivity contribution >= 4 is 0 Å². The van der Waals surface area contributed by atoms with Gasteiger partial charge in [-0.25, -0.2) is 0 Å². The molecule has 3 heteroatoms. The Labute approximate surface area is 42.2 Å². The van der Waals surface area contributed by atoms with Gasteiger partial charge in [-0.1, -0.05) is 12.2 Å². The lowest BCUT2D eigenvalue weighted by Crippen LogP contribution is -1.74. The Morgan fingerprint density at radius 3 is 1.43 bits per heavy atom. The van der Waals surface area contributed by atoms with E-state index in [1.807, 2.05) is 0 Å². The zero-order valence-corrected chi connectivity index (χ0v) is 3.96. The molecule has 0 aliphatic carbocycles. The van der Waals surface area contributed by atoms with Gasteiger partial charge in [-0.2, -0.15) is 0 Å². The molecule has 0 amide bonds. The number of aliphatic hydroxyl groups excluding tert-OH is 2. The van der Waals surface area contributed by atoms with Crippen LogP contribution < -0.4 is 0 Å². The van der Waals surface area contributed by atoms with Gasteiger partial charge in [-0.15, -0.1) is 0 Å². The van der Waals surface area contributed by atoms with Crippen LogP contribution in [0.15, 0.2) is 12.2 Å². The van der Waals surface area contributed by atoms with Crippen LogP contribution in [0.4, 0.5) is 0 Å². The van der Waals surface area contributed by atoms with Crippen LogP contribution in [0, 0.1) is 0 Å². The van der Waals surface area contributed by atoms with Crippen LogP contribution in [0.3, 0.4) is 0 Å². The summed E-state index contributed by atoms with van der Waals surface area (Å²) < 4.78 is 0. The van der Waals surface area contributed by atoms with E-state index < -0.39 is 0 Å². The summed E-state index contributed by atoms with van der Waals surface area (Å²) in [5, 5.41) is 16.0. The molecule has 0 rings (SSSR count). The Morgan fingerprint density at radius 2 is 1.29 bits per heavy atom. The van der Waals surface area contributed by atoms with Crippen LogP contribution in [0.2, 0.25) is 0 Å². The monoisotopic (exact) mass is 106 g/mol. The Kier molecular flexibility index (Phi) is 12.8. The molecule has 7 heavy (non-hydrogen) atoms. The highest BCUT2D eigenvalue weighted by Crippen LogP contribution is 1.63. The summed E-state index contributed by atoms with van der Waals surface area (Å²) in [4.78, 5) is 0. The summed E-state index contributed by atoms with van der Waals surface area (Å²) in [6, 6.07) is 0.